The molecule has 112 valence electrons. The molecule has 3 nitrogen and oxygen atoms in total. The van der Waals surface area contributed by atoms with Crippen molar-refractivity contribution in [2.24, 2.45) is 0 Å². The monoisotopic (exact) mass is 303 g/mol. The molecular weight excluding hydrogens is 282 g/mol. The normalized spacial score (nSPS) is 10.9. The summed E-state index contributed by atoms with van der Waals surface area (Å²) in [6.07, 6.45) is 2.12. The topological polar surface area (TPSA) is 37.8 Å². The molecule has 0 saturated heterocycles. The number of aromatic nitrogens is 2. The highest BCUT2D eigenvalue weighted by atomic mass is 35.5. The smallest absolute Gasteiger partial charge is 0.159 e. The van der Waals surface area contributed by atoms with Gasteiger partial charge in [-0.3, -0.25) is 0 Å². The van der Waals surface area contributed by atoms with Crippen LogP contribution in [-0.2, 0) is 6.42 Å². The third-order valence-corrected chi connectivity index (χ3v) is 3.72. The van der Waals surface area contributed by atoms with E-state index in [4.69, 9.17) is 11.6 Å². The third kappa shape index (κ3) is 4.26. The van der Waals surface area contributed by atoms with E-state index < -0.39 is 0 Å². The molecule has 0 amide bonds. The first-order chi connectivity index (χ1) is 10.1. The van der Waals surface area contributed by atoms with E-state index in [1.165, 1.54) is 5.56 Å². The van der Waals surface area contributed by atoms with Gasteiger partial charge in [-0.2, -0.15) is 0 Å². The van der Waals surface area contributed by atoms with E-state index in [2.05, 4.69) is 36.1 Å². The first-order valence-corrected chi connectivity index (χ1v) is 7.80. The highest BCUT2D eigenvalue weighted by molar-refractivity contribution is 6.30. The van der Waals surface area contributed by atoms with Crippen LogP contribution in [0.2, 0.25) is 5.02 Å². The highest BCUT2D eigenvalue weighted by Gasteiger charge is 2.10. The molecule has 0 saturated carbocycles. The largest absolute Gasteiger partial charge is 0.316 e. The summed E-state index contributed by atoms with van der Waals surface area (Å²) in [6, 6.07) is 7.67. The third-order valence-electron chi connectivity index (χ3n) is 3.48. The Morgan fingerprint density at radius 1 is 1.10 bits per heavy atom. The second kappa shape index (κ2) is 7.53. The fourth-order valence-electron chi connectivity index (χ4n) is 2.37. The number of hydrogen-bond donors (Lipinski definition) is 1. The van der Waals surface area contributed by atoms with Gasteiger partial charge in [0.15, 0.2) is 5.82 Å². The number of rotatable bonds is 6. The number of aryl methyl sites for hydroxylation is 2. The van der Waals surface area contributed by atoms with Gasteiger partial charge in [-0.15, -0.1) is 0 Å². The van der Waals surface area contributed by atoms with Crippen LogP contribution in [0.25, 0.3) is 11.4 Å². The molecule has 0 unspecified atom stereocenters. The zero-order valence-electron chi connectivity index (χ0n) is 12.9. The second-order valence-electron chi connectivity index (χ2n) is 5.21. The van der Waals surface area contributed by atoms with E-state index in [1.807, 2.05) is 24.3 Å². The van der Waals surface area contributed by atoms with Gasteiger partial charge in [0.2, 0.25) is 0 Å². The van der Waals surface area contributed by atoms with Crippen molar-refractivity contribution in [2.75, 3.05) is 13.1 Å². The van der Waals surface area contributed by atoms with E-state index in [1.54, 1.807) is 0 Å². The minimum absolute atomic E-state index is 0.708. The molecule has 0 bridgehead atoms. The molecule has 21 heavy (non-hydrogen) atoms. The van der Waals surface area contributed by atoms with Crippen molar-refractivity contribution in [3.05, 3.63) is 46.2 Å². The molecule has 0 aliphatic carbocycles. The molecule has 0 spiro atoms. The molecule has 2 rings (SSSR count). The van der Waals surface area contributed by atoms with Crippen molar-refractivity contribution in [1.82, 2.24) is 15.3 Å². The molecule has 1 N–H and O–H groups in total. The molecule has 0 atom stereocenters. The summed E-state index contributed by atoms with van der Waals surface area (Å²) in [5, 5.41) is 4.13. The Bertz CT molecular complexity index is 588. The highest BCUT2D eigenvalue weighted by Crippen LogP contribution is 2.22. The van der Waals surface area contributed by atoms with Crippen molar-refractivity contribution in [3.8, 4) is 11.4 Å². The quantitative estimate of drug-likeness (QED) is 0.821. The minimum atomic E-state index is 0.708. The van der Waals surface area contributed by atoms with E-state index in [9.17, 15) is 0 Å². The van der Waals surface area contributed by atoms with Crippen LogP contribution in [0.1, 0.15) is 30.3 Å². The van der Waals surface area contributed by atoms with Gasteiger partial charge >= 0.3 is 0 Å². The molecule has 1 aromatic heterocycles. The minimum Gasteiger partial charge on any atom is -0.316 e. The van der Waals surface area contributed by atoms with Gasteiger partial charge in [-0.1, -0.05) is 30.7 Å². The maximum Gasteiger partial charge on any atom is 0.159 e. The van der Waals surface area contributed by atoms with Crippen LogP contribution >= 0.6 is 11.6 Å². The summed E-state index contributed by atoms with van der Waals surface area (Å²) >= 11 is 6.04. The number of nitrogens with one attached hydrogen (secondary N) is 1. The molecule has 4 heteroatoms. The summed E-state index contributed by atoms with van der Waals surface area (Å²) in [6.45, 7) is 8.30. The van der Waals surface area contributed by atoms with Gasteiger partial charge in [0.05, 0.1) is 0 Å². The van der Waals surface area contributed by atoms with Crippen molar-refractivity contribution < 1.29 is 0 Å². The first-order valence-electron chi connectivity index (χ1n) is 7.42. The molecule has 0 radical (unpaired) electrons. The standard InChI is InChI=1S/C17H22ClN3/c1-4-9-19-10-8-16-12(2)20-17(21-13(16)3)14-6-5-7-15(18)11-14/h5-7,11,19H,4,8-10H2,1-3H3. The van der Waals surface area contributed by atoms with Gasteiger partial charge in [-0.05, 0) is 57.5 Å². The maximum absolute atomic E-state index is 6.04. The SMILES string of the molecule is CCCNCCc1c(C)nc(-c2cccc(Cl)c2)nc1C. The average Bonchev–Trinajstić information content (AvgIpc) is 2.45. The molecular formula is C17H22ClN3. The Balaban J connectivity index is 2.20. The van der Waals surface area contributed by atoms with E-state index in [0.29, 0.717) is 5.02 Å². The van der Waals surface area contributed by atoms with E-state index >= 15 is 0 Å². The lowest BCUT2D eigenvalue weighted by Crippen LogP contribution is -2.19. The van der Waals surface area contributed by atoms with Crippen LogP contribution in [0, 0.1) is 13.8 Å². The number of hydrogen-bond acceptors (Lipinski definition) is 3. The summed E-state index contributed by atoms with van der Waals surface area (Å²) in [5.74, 6) is 0.748. The predicted octanol–water partition coefficient (Wildman–Crippen LogP) is 3.96. The summed E-state index contributed by atoms with van der Waals surface area (Å²) < 4.78 is 0. The van der Waals surface area contributed by atoms with Crippen LogP contribution in [0.5, 0.6) is 0 Å². The Morgan fingerprint density at radius 2 is 1.81 bits per heavy atom. The Labute approximate surface area is 131 Å². The molecule has 2 aromatic rings. The fraction of sp³-hybridized carbons (Fsp3) is 0.412. The predicted molar refractivity (Wildman–Crippen MR) is 88.8 cm³/mol. The summed E-state index contributed by atoms with van der Waals surface area (Å²) in [4.78, 5) is 9.29. The summed E-state index contributed by atoms with van der Waals surface area (Å²) in [5.41, 5.74) is 4.31. The van der Waals surface area contributed by atoms with E-state index in [-0.39, 0.29) is 0 Å². The maximum atomic E-state index is 6.04. The number of benzene rings is 1. The van der Waals surface area contributed by atoms with Crippen LogP contribution in [0.3, 0.4) is 0 Å². The summed E-state index contributed by atoms with van der Waals surface area (Å²) in [7, 11) is 0. The lowest BCUT2D eigenvalue weighted by molar-refractivity contribution is 0.666. The van der Waals surface area contributed by atoms with Gasteiger partial charge in [0.1, 0.15) is 0 Å². The van der Waals surface area contributed by atoms with Crippen molar-refractivity contribution in [3.63, 3.8) is 0 Å². The average molecular weight is 304 g/mol. The lowest BCUT2D eigenvalue weighted by Gasteiger charge is -2.11. The Kier molecular flexibility index (Phi) is 5.71. The van der Waals surface area contributed by atoms with Gasteiger partial charge in [-0.25, -0.2) is 9.97 Å². The van der Waals surface area contributed by atoms with Crippen molar-refractivity contribution in [1.29, 1.82) is 0 Å². The van der Waals surface area contributed by atoms with Crippen molar-refractivity contribution >= 4 is 11.6 Å². The van der Waals surface area contributed by atoms with Crippen LogP contribution in [-0.4, -0.2) is 23.1 Å². The molecule has 0 fully saturated rings. The van der Waals surface area contributed by atoms with Crippen LogP contribution in [0.4, 0.5) is 0 Å². The molecule has 0 aliphatic heterocycles. The number of halogens is 1. The van der Waals surface area contributed by atoms with Crippen molar-refractivity contribution in [2.45, 2.75) is 33.6 Å². The van der Waals surface area contributed by atoms with Crippen LogP contribution < -0.4 is 5.32 Å². The Morgan fingerprint density at radius 3 is 2.43 bits per heavy atom. The molecule has 0 aliphatic rings. The fourth-order valence-corrected chi connectivity index (χ4v) is 2.56. The van der Waals surface area contributed by atoms with Gasteiger partial charge in [0, 0.05) is 22.0 Å². The zero-order chi connectivity index (χ0) is 15.2. The van der Waals surface area contributed by atoms with Gasteiger partial charge in [0.25, 0.3) is 0 Å². The molecule has 1 heterocycles. The molecule has 1 aromatic carbocycles. The van der Waals surface area contributed by atoms with Crippen LogP contribution in [0.15, 0.2) is 24.3 Å². The second-order valence-corrected chi connectivity index (χ2v) is 5.64. The lowest BCUT2D eigenvalue weighted by atomic mass is 10.1. The van der Waals surface area contributed by atoms with Gasteiger partial charge < -0.3 is 5.32 Å². The number of nitrogens with zero attached hydrogens (tertiary/aromatic N) is 2. The zero-order valence-corrected chi connectivity index (χ0v) is 13.7. The van der Waals surface area contributed by atoms with E-state index in [0.717, 1.165) is 48.7 Å². The Hall–Kier alpha value is -1.45. The first kappa shape index (κ1) is 15.9.